The van der Waals surface area contributed by atoms with E-state index in [0.717, 1.165) is 30.5 Å². The number of rotatable bonds is 3. The second-order valence-electron chi connectivity index (χ2n) is 4.26. The van der Waals surface area contributed by atoms with Crippen LogP contribution in [0.5, 0.6) is 11.8 Å². The van der Waals surface area contributed by atoms with E-state index in [-0.39, 0.29) is 6.10 Å². The number of aromatic nitrogens is 2. The van der Waals surface area contributed by atoms with Gasteiger partial charge in [0.1, 0.15) is 6.10 Å². The van der Waals surface area contributed by atoms with Gasteiger partial charge in [0.15, 0.2) is 0 Å². The number of ether oxygens (including phenoxy) is 2. The molecule has 3 rings (SSSR count). The predicted molar refractivity (Wildman–Crippen MR) is 68.0 cm³/mol. The number of nitrogens with one attached hydrogen (secondary N) is 1. The van der Waals surface area contributed by atoms with Crippen molar-refractivity contribution in [1.82, 2.24) is 15.3 Å². The molecule has 0 unspecified atom stereocenters. The quantitative estimate of drug-likeness (QED) is 0.885. The van der Waals surface area contributed by atoms with Crippen LogP contribution in [0.4, 0.5) is 0 Å². The minimum absolute atomic E-state index is 0.148. The first-order valence-electron chi connectivity index (χ1n) is 6.05. The van der Waals surface area contributed by atoms with Crippen molar-refractivity contribution in [2.45, 2.75) is 12.5 Å². The lowest BCUT2D eigenvalue weighted by Gasteiger charge is -2.14. The van der Waals surface area contributed by atoms with Crippen LogP contribution in [-0.2, 0) is 0 Å². The zero-order valence-electron chi connectivity index (χ0n) is 10.2. The standard InChI is InChI=1S/C13H15N3O2/c1-17-12-13(18-9-6-7-14-8-9)16-11-5-3-2-4-10(11)15-12/h2-5,9,14H,6-8H2,1H3/t9-/m1/s1. The average molecular weight is 245 g/mol. The van der Waals surface area contributed by atoms with Crippen LogP contribution in [0.15, 0.2) is 24.3 Å². The Bertz CT molecular complexity index is 553. The van der Waals surface area contributed by atoms with E-state index in [0.29, 0.717) is 11.8 Å². The summed E-state index contributed by atoms with van der Waals surface area (Å²) in [4.78, 5) is 8.88. The van der Waals surface area contributed by atoms with Crippen molar-refractivity contribution in [2.75, 3.05) is 20.2 Å². The molecule has 1 aromatic heterocycles. The molecule has 0 bridgehead atoms. The highest BCUT2D eigenvalue weighted by molar-refractivity contribution is 5.75. The lowest BCUT2D eigenvalue weighted by atomic mass is 10.3. The maximum atomic E-state index is 5.84. The molecule has 1 saturated heterocycles. The SMILES string of the molecule is COc1nc2ccccc2nc1O[C@@H]1CCNC1. The Hall–Kier alpha value is -1.88. The third kappa shape index (κ3) is 2.09. The van der Waals surface area contributed by atoms with Gasteiger partial charge in [-0.2, -0.15) is 0 Å². The van der Waals surface area contributed by atoms with Gasteiger partial charge in [-0.05, 0) is 25.1 Å². The van der Waals surface area contributed by atoms with Crippen LogP contribution < -0.4 is 14.8 Å². The number of nitrogens with zero attached hydrogens (tertiary/aromatic N) is 2. The summed E-state index contributed by atoms with van der Waals surface area (Å²) in [5, 5.41) is 3.25. The Morgan fingerprint density at radius 1 is 1.17 bits per heavy atom. The van der Waals surface area contributed by atoms with E-state index in [1.807, 2.05) is 24.3 Å². The topological polar surface area (TPSA) is 56.3 Å². The normalized spacial score (nSPS) is 19.1. The lowest BCUT2D eigenvalue weighted by Crippen LogP contribution is -2.20. The summed E-state index contributed by atoms with van der Waals surface area (Å²) in [6.07, 6.45) is 1.13. The largest absolute Gasteiger partial charge is 0.477 e. The van der Waals surface area contributed by atoms with Gasteiger partial charge in [0.25, 0.3) is 11.8 Å². The van der Waals surface area contributed by atoms with Gasteiger partial charge in [0.2, 0.25) is 0 Å². The highest BCUT2D eigenvalue weighted by Gasteiger charge is 2.20. The number of hydrogen-bond donors (Lipinski definition) is 1. The fourth-order valence-electron chi connectivity index (χ4n) is 2.06. The van der Waals surface area contributed by atoms with Crippen LogP contribution in [0, 0.1) is 0 Å². The second kappa shape index (κ2) is 4.78. The van der Waals surface area contributed by atoms with E-state index in [1.54, 1.807) is 7.11 Å². The van der Waals surface area contributed by atoms with Gasteiger partial charge in [-0.15, -0.1) is 0 Å². The fourth-order valence-corrected chi connectivity index (χ4v) is 2.06. The Kier molecular flexibility index (Phi) is 2.98. The van der Waals surface area contributed by atoms with Gasteiger partial charge in [-0.25, -0.2) is 9.97 Å². The summed E-state index contributed by atoms with van der Waals surface area (Å²) in [6.45, 7) is 1.83. The molecule has 2 heterocycles. The first-order chi connectivity index (χ1) is 8.86. The van der Waals surface area contributed by atoms with Crippen molar-refractivity contribution in [3.05, 3.63) is 24.3 Å². The third-order valence-corrected chi connectivity index (χ3v) is 3.00. The molecular formula is C13H15N3O2. The summed E-state index contributed by atoms with van der Waals surface area (Å²) >= 11 is 0. The molecule has 0 radical (unpaired) electrons. The smallest absolute Gasteiger partial charge is 0.279 e. The highest BCUT2D eigenvalue weighted by Crippen LogP contribution is 2.26. The van der Waals surface area contributed by atoms with Crippen molar-refractivity contribution in [3.63, 3.8) is 0 Å². The van der Waals surface area contributed by atoms with Gasteiger partial charge in [0, 0.05) is 6.54 Å². The van der Waals surface area contributed by atoms with Crippen molar-refractivity contribution in [1.29, 1.82) is 0 Å². The summed E-state index contributed by atoms with van der Waals surface area (Å²) in [5.41, 5.74) is 1.63. The maximum absolute atomic E-state index is 5.84. The molecule has 1 aromatic carbocycles. The molecule has 0 saturated carbocycles. The third-order valence-electron chi connectivity index (χ3n) is 3.00. The number of methoxy groups -OCH3 is 1. The van der Waals surface area contributed by atoms with Crippen molar-refractivity contribution in [3.8, 4) is 11.8 Å². The van der Waals surface area contributed by atoms with Crippen molar-refractivity contribution in [2.24, 2.45) is 0 Å². The molecule has 0 aliphatic carbocycles. The monoisotopic (exact) mass is 245 g/mol. The summed E-state index contributed by atoms with van der Waals surface area (Å²) in [5.74, 6) is 0.922. The molecule has 1 N–H and O–H groups in total. The molecule has 18 heavy (non-hydrogen) atoms. The van der Waals surface area contributed by atoms with E-state index < -0.39 is 0 Å². The molecule has 2 aromatic rings. The Balaban J connectivity index is 1.97. The predicted octanol–water partition coefficient (Wildman–Crippen LogP) is 1.38. The molecule has 1 atom stereocenters. The first kappa shape index (κ1) is 11.2. The van der Waals surface area contributed by atoms with Gasteiger partial charge >= 0.3 is 0 Å². The van der Waals surface area contributed by atoms with Crippen LogP contribution in [0.1, 0.15) is 6.42 Å². The van der Waals surface area contributed by atoms with Crippen LogP contribution >= 0.6 is 0 Å². The highest BCUT2D eigenvalue weighted by atomic mass is 16.5. The molecule has 1 aliphatic rings. The van der Waals surface area contributed by atoms with Crippen molar-refractivity contribution >= 4 is 11.0 Å². The fraction of sp³-hybridized carbons (Fsp3) is 0.385. The molecule has 94 valence electrons. The van der Waals surface area contributed by atoms with Crippen LogP contribution in [-0.4, -0.2) is 36.3 Å². The van der Waals surface area contributed by atoms with E-state index in [9.17, 15) is 0 Å². The molecule has 1 fully saturated rings. The van der Waals surface area contributed by atoms with E-state index in [1.165, 1.54) is 0 Å². The summed E-state index contributed by atoms with van der Waals surface area (Å²) in [7, 11) is 1.58. The maximum Gasteiger partial charge on any atom is 0.279 e. The van der Waals surface area contributed by atoms with Crippen LogP contribution in [0.25, 0.3) is 11.0 Å². The Morgan fingerprint density at radius 3 is 2.50 bits per heavy atom. The second-order valence-corrected chi connectivity index (χ2v) is 4.26. The van der Waals surface area contributed by atoms with Crippen LogP contribution in [0.3, 0.4) is 0 Å². The number of para-hydroxylation sites is 2. The minimum Gasteiger partial charge on any atom is -0.477 e. The van der Waals surface area contributed by atoms with E-state index >= 15 is 0 Å². The van der Waals surface area contributed by atoms with Crippen molar-refractivity contribution < 1.29 is 9.47 Å². The van der Waals surface area contributed by atoms with E-state index in [4.69, 9.17) is 9.47 Å². The molecule has 0 spiro atoms. The molecule has 5 heteroatoms. The van der Waals surface area contributed by atoms with Gasteiger partial charge in [0.05, 0.1) is 18.1 Å². The van der Waals surface area contributed by atoms with Crippen LogP contribution in [0.2, 0.25) is 0 Å². The van der Waals surface area contributed by atoms with Gasteiger partial charge in [-0.1, -0.05) is 12.1 Å². The zero-order chi connectivity index (χ0) is 12.4. The average Bonchev–Trinajstić information content (AvgIpc) is 2.91. The summed E-state index contributed by atoms with van der Waals surface area (Å²) < 4.78 is 11.1. The lowest BCUT2D eigenvalue weighted by molar-refractivity contribution is 0.202. The number of fused-ring (bicyclic) bond motifs is 1. The Labute approximate surface area is 105 Å². The number of hydrogen-bond acceptors (Lipinski definition) is 5. The molecule has 1 aliphatic heterocycles. The summed E-state index contributed by atoms with van der Waals surface area (Å²) in [6, 6.07) is 7.69. The minimum atomic E-state index is 0.148. The number of benzene rings is 1. The van der Waals surface area contributed by atoms with Gasteiger partial charge < -0.3 is 14.8 Å². The zero-order valence-corrected chi connectivity index (χ0v) is 10.2. The van der Waals surface area contributed by atoms with Gasteiger partial charge in [-0.3, -0.25) is 0 Å². The molecule has 0 amide bonds. The van der Waals surface area contributed by atoms with E-state index in [2.05, 4.69) is 15.3 Å². The first-order valence-corrected chi connectivity index (χ1v) is 6.05. The Morgan fingerprint density at radius 2 is 1.89 bits per heavy atom. The molecular weight excluding hydrogens is 230 g/mol. The molecule has 5 nitrogen and oxygen atoms in total.